The van der Waals surface area contributed by atoms with E-state index in [-0.39, 0.29) is 24.0 Å². The molecule has 8 heteroatoms. The van der Waals surface area contributed by atoms with Crippen LogP contribution in [-0.2, 0) is 13.1 Å². The van der Waals surface area contributed by atoms with Crippen LogP contribution in [0.2, 0.25) is 0 Å². The fourth-order valence-corrected chi connectivity index (χ4v) is 2.94. The zero-order chi connectivity index (χ0) is 16.8. The highest BCUT2D eigenvalue weighted by Crippen LogP contribution is 2.08. The number of nitrogens with one attached hydrogen (secondary N) is 2. The molecule has 0 aromatic carbocycles. The van der Waals surface area contributed by atoms with E-state index in [0.717, 1.165) is 29.7 Å². The van der Waals surface area contributed by atoms with Crippen LogP contribution in [0.3, 0.4) is 0 Å². The first-order valence-electron chi connectivity index (χ1n) is 7.67. The van der Waals surface area contributed by atoms with Gasteiger partial charge in [0.1, 0.15) is 11.6 Å². The summed E-state index contributed by atoms with van der Waals surface area (Å²) >= 11 is 1.70. The minimum absolute atomic E-state index is 0. The highest BCUT2D eigenvalue weighted by molar-refractivity contribution is 14.0. The monoisotopic (exact) mass is 468 g/mol. The van der Waals surface area contributed by atoms with Gasteiger partial charge in [0, 0.05) is 38.7 Å². The Bertz CT molecular complexity index is 795. The zero-order valence-electron chi connectivity index (χ0n) is 14.1. The van der Waals surface area contributed by atoms with Crippen LogP contribution in [0.4, 0.5) is 0 Å². The molecule has 3 heterocycles. The first kappa shape index (κ1) is 19.4. The number of aliphatic imine (C=N–C) groups is 1. The van der Waals surface area contributed by atoms with E-state index in [1.54, 1.807) is 24.6 Å². The summed E-state index contributed by atoms with van der Waals surface area (Å²) in [7, 11) is 1.77. The lowest BCUT2D eigenvalue weighted by Gasteiger charge is -2.11. The third-order valence-electron chi connectivity index (χ3n) is 3.61. The number of nitrogens with zero attached hydrogens (tertiary/aromatic N) is 4. The van der Waals surface area contributed by atoms with E-state index >= 15 is 0 Å². The van der Waals surface area contributed by atoms with E-state index in [0.29, 0.717) is 6.54 Å². The second-order valence-electron chi connectivity index (χ2n) is 5.28. The van der Waals surface area contributed by atoms with Crippen LogP contribution in [0, 0.1) is 6.92 Å². The van der Waals surface area contributed by atoms with Gasteiger partial charge >= 0.3 is 0 Å². The number of halogens is 1. The lowest BCUT2D eigenvalue weighted by atomic mass is 10.3. The van der Waals surface area contributed by atoms with Crippen LogP contribution in [0.5, 0.6) is 0 Å². The Morgan fingerprint density at radius 2 is 1.96 bits per heavy atom. The summed E-state index contributed by atoms with van der Waals surface area (Å²) in [6, 6.07) is 6.15. The maximum atomic E-state index is 4.50. The molecule has 0 unspecified atom stereocenters. The number of aromatic nitrogens is 3. The lowest BCUT2D eigenvalue weighted by molar-refractivity contribution is 0.806. The van der Waals surface area contributed by atoms with Crippen LogP contribution in [0.1, 0.15) is 17.0 Å². The summed E-state index contributed by atoms with van der Waals surface area (Å²) in [5.41, 5.74) is 2.35. The summed E-state index contributed by atoms with van der Waals surface area (Å²) in [6.45, 7) is 3.39. The van der Waals surface area contributed by atoms with Gasteiger partial charge in [-0.25, -0.2) is 9.97 Å². The normalized spacial score (nSPS) is 11.0. The van der Waals surface area contributed by atoms with Gasteiger partial charge in [0.25, 0.3) is 0 Å². The Labute approximate surface area is 168 Å². The van der Waals surface area contributed by atoms with E-state index in [2.05, 4.69) is 48.5 Å². The van der Waals surface area contributed by atoms with E-state index in [1.165, 1.54) is 5.56 Å². The van der Waals surface area contributed by atoms with E-state index in [4.69, 9.17) is 0 Å². The van der Waals surface area contributed by atoms with Crippen LogP contribution in [0.25, 0.3) is 5.82 Å². The van der Waals surface area contributed by atoms with Gasteiger partial charge in [-0.05, 0) is 40.9 Å². The average Bonchev–Trinajstić information content (AvgIpc) is 3.27. The predicted octanol–water partition coefficient (Wildman–Crippen LogP) is 3.12. The molecule has 2 N–H and O–H groups in total. The second kappa shape index (κ2) is 9.52. The number of pyridine rings is 1. The van der Waals surface area contributed by atoms with Crippen LogP contribution in [-0.4, -0.2) is 27.5 Å². The summed E-state index contributed by atoms with van der Waals surface area (Å²) < 4.78 is 1.96. The molecule has 0 saturated heterocycles. The van der Waals surface area contributed by atoms with Gasteiger partial charge in [-0.1, -0.05) is 6.07 Å². The van der Waals surface area contributed by atoms with Gasteiger partial charge in [0.15, 0.2) is 5.96 Å². The average molecular weight is 468 g/mol. The van der Waals surface area contributed by atoms with Crippen molar-refractivity contribution in [2.24, 2.45) is 4.99 Å². The minimum atomic E-state index is 0. The van der Waals surface area contributed by atoms with Gasteiger partial charge in [-0.15, -0.1) is 24.0 Å². The highest BCUT2D eigenvalue weighted by Gasteiger charge is 2.03. The fraction of sp³-hybridized carbons (Fsp3) is 0.235. The van der Waals surface area contributed by atoms with Crippen molar-refractivity contribution in [1.29, 1.82) is 0 Å². The summed E-state index contributed by atoms with van der Waals surface area (Å²) in [5.74, 6) is 2.57. The Hall–Kier alpha value is -1.94. The van der Waals surface area contributed by atoms with Gasteiger partial charge < -0.3 is 10.6 Å². The Morgan fingerprint density at radius 1 is 1.16 bits per heavy atom. The SMILES string of the molecule is CN=C(NCc1ccc(-n2ccnc2C)nc1)NCc1ccsc1.I. The molecular formula is C17H21IN6S. The van der Waals surface area contributed by atoms with Crippen molar-refractivity contribution in [2.45, 2.75) is 20.0 Å². The number of aryl methyl sites for hydroxylation is 1. The van der Waals surface area contributed by atoms with Crippen LogP contribution >= 0.6 is 35.3 Å². The fourth-order valence-electron chi connectivity index (χ4n) is 2.27. The van der Waals surface area contributed by atoms with Crippen molar-refractivity contribution in [1.82, 2.24) is 25.2 Å². The number of rotatable bonds is 5. The smallest absolute Gasteiger partial charge is 0.191 e. The maximum Gasteiger partial charge on any atom is 0.191 e. The van der Waals surface area contributed by atoms with Gasteiger partial charge in [-0.3, -0.25) is 9.56 Å². The predicted molar refractivity (Wildman–Crippen MR) is 113 cm³/mol. The summed E-state index contributed by atoms with van der Waals surface area (Å²) in [4.78, 5) is 12.9. The number of hydrogen-bond donors (Lipinski definition) is 2. The van der Waals surface area contributed by atoms with E-state index in [1.807, 2.05) is 30.0 Å². The van der Waals surface area contributed by atoms with Gasteiger partial charge in [-0.2, -0.15) is 11.3 Å². The molecule has 0 fully saturated rings. The number of hydrogen-bond acceptors (Lipinski definition) is 4. The number of guanidine groups is 1. The van der Waals surface area contributed by atoms with Crippen molar-refractivity contribution in [3.63, 3.8) is 0 Å². The Balaban J connectivity index is 0.00000225. The number of imidazole rings is 1. The van der Waals surface area contributed by atoms with E-state index in [9.17, 15) is 0 Å². The molecule has 6 nitrogen and oxygen atoms in total. The lowest BCUT2D eigenvalue weighted by Crippen LogP contribution is -2.36. The molecule has 25 heavy (non-hydrogen) atoms. The van der Waals surface area contributed by atoms with E-state index < -0.39 is 0 Å². The first-order chi connectivity index (χ1) is 11.8. The van der Waals surface area contributed by atoms with Crippen molar-refractivity contribution < 1.29 is 0 Å². The van der Waals surface area contributed by atoms with Crippen molar-refractivity contribution in [3.8, 4) is 5.82 Å². The van der Waals surface area contributed by atoms with Gasteiger partial charge in [0.2, 0.25) is 0 Å². The van der Waals surface area contributed by atoms with Crippen molar-refractivity contribution in [2.75, 3.05) is 7.05 Å². The van der Waals surface area contributed by atoms with Crippen LogP contribution < -0.4 is 10.6 Å². The quantitative estimate of drug-likeness (QED) is 0.343. The molecule has 3 rings (SSSR count). The Morgan fingerprint density at radius 3 is 2.52 bits per heavy atom. The molecule has 0 aliphatic heterocycles. The second-order valence-corrected chi connectivity index (χ2v) is 6.06. The highest BCUT2D eigenvalue weighted by atomic mass is 127. The largest absolute Gasteiger partial charge is 0.352 e. The van der Waals surface area contributed by atoms with Crippen molar-refractivity contribution >= 4 is 41.3 Å². The molecule has 0 atom stereocenters. The third-order valence-corrected chi connectivity index (χ3v) is 4.34. The third kappa shape index (κ3) is 5.27. The zero-order valence-corrected chi connectivity index (χ0v) is 17.3. The molecule has 0 amide bonds. The van der Waals surface area contributed by atoms with Gasteiger partial charge in [0.05, 0.1) is 0 Å². The molecule has 0 aliphatic rings. The molecule has 132 valence electrons. The standard InChI is InChI=1S/C17H20N6S.HI/c1-13-19-6-7-23(13)16-4-3-14(9-20-16)10-21-17(18-2)22-11-15-5-8-24-12-15;/h3-9,12H,10-11H2,1-2H3,(H2,18,21,22);1H. The topological polar surface area (TPSA) is 67.1 Å². The molecule has 0 saturated carbocycles. The first-order valence-corrected chi connectivity index (χ1v) is 8.61. The van der Waals surface area contributed by atoms with Crippen molar-refractivity contribution in [3.05, 3.63) is 64.5 Å². The molecule has 0 aliphatic carbocycles. The van der Waals surface area contributed by atoms with Crippen LogP contribution in [0.15, 0.2) is 52.5 Å². The molecule has 3 aromatic heterocycles. The molecular weight excluding hydrogens is 447 g/mol. The molecule has 3 aromatic rings. The summed E-state index contributed by atoms with van der Waals surface area (Å²) in [5, 5.41) is 10.8. The number of thiophene rings is 1. The minimum Gasteiger partial charge on any atom is -0.352 e. The molecule has 0 spiro atoms. The summed E-state index contributed by atoms with van der Waals surface area (Å²) in [6.07, 6.45) is 5.55. The molecule has 0 radical (unpaired) electrons. The molecule has 0 bridgehead atoms. The maximum absolute atomic E-state index is 4.50. The Kier molecular flexibility index (Phi) is 7.38.